The highest BCUT2D eigenvalue weighted by Gasteiger charge is 2.32. The van der Waals surface area contributed by atoms with Gasteiger partial charge in [-0.15, -0.1) is 0 Å². The molecule has 1 aliphatic heterocycles. The Morgan fingerprint density at radius 1 is 1.29 bits per heavy atom. The van der Waals surface area contributed by atoms with Crippen molar-refractivity contribution >= 4 is 29.3 Å². The van der Waals surface area contributed by atoms with Crippen LogP contribution in [-0.4, -0.2) is 53.8 Å². The van der Waals surface area contributed by atoms with Gasteiger partial charge in [-0.25, -0.2) is 9.97 Å². The van der Waals surface area contributed by atoms with Crippen molar-refractivity contribution in [3.05, 3.63) is 47.3 Å². The second kappa shape index (κ2) is 9.98. The first-order valence-electron chi connectivity index (χ1n) is 10.2. The van der Waals surface area contributed by atoms with E-state index in [1.807, 2.05) is 31.0 Å². The fraction of sp³-hybridized carbons (Fsp3) is 0.381. The van der Waals surface area contributed by atoms with E-state index in [9.17, 15) is 4.79 Å². The minimum Gasteiger partial charge on any atom is -0.419 e. The minimum absolute atomic E-state index is 0.0275. The second-order valence-corrected chi connectivity index (χ2v) is 7.20. The molecule has 0 aliphatic carbocycles. The van der Waals surface area contributed by atoms with Gasteiger partial charge in [0, 0.05) is 25.2 Å². The molecule has 1 fully saturated rings. The highest BCUT2D eigenvalue weighted by Crippen LogP contribution is 2.25. The number of nitrogens with zero attached hydrogens (tertiary/aromatic N) is 3. The normalized spacial score (nSPS) is 15.5. The number of nitrogen functional groups attached to an aromatic ring is 1. The van der Waals surface area contributed by atoms with E-state index >= 15 is 0 Å². The maximum Gasteiger partial charge on any atom is 0.243 e. The first-order chi connectivity index (χ1) is 14.9. The van der Waals surface area contributed by atoms with Crippen LogP contribution in [0.15, 0.2) is 30.5 Å². The number of nitrogens with two attached hydrogens (primary N) is 1. The van der Waals surface area contributed by atoms with Crippen LogP contribution >= 0.6 is 0 Å². The van der Waals surface area contributed by atoms with E-state index in [0.29, 0.717) is 24.5 Å². The zero-order valence-electron chi connectivity index (χ0n) is 17.7. The van der Waals surface area contributed by atoms with Gasteiger partial charge in [0.2, 0.25) is 17.7 Å². The van der Waals surface area contributed by atoms with Gasteiger partial charge in [-0.2, -0.15) is 0 Å². The molecule has 0 radical (unpaired) electrons. The quantitative estimate of drug-likeness (QED) is 0.331. The zero-order valence-corrected chi connectivity index (χ0v) is 17.7. The molecule has 1 amide bonds. The topological polar surface area (TPSA) is 153 Å². The number of carbonyl (C=O) groups is 1. The minimum atomic E-state index is -0.370. The van der Waals surface area contributed by atoms with Crippen LogP contribution in [0.25, 0.3) is 0 Å². The van der Waals surface area contributed by atoms with Gasteiger partial charge in [-0.05, 0) is 44.5 Å². The number of carbonyl (C=O) groups excluding carboxylic acids is 1. The molecule has 1 aromatic carbocycles. The Bertz CT molecular complexity index is 960. The van der Waals surface area contributed by atoms with E-state index in [-0.39, 0.29) is 35.3 Å². The summed E-state index contributed by atoms with van der Waals surface area (Å²) in [6.45, 7) is 3.80. The number of hydrogen-bond donors (Lipinski definition) is 5. The SMILES string of the molecule is CCNC(=O)[C@H]1CCCN1c1cnc(N)c(C(=N)OC(=N)c2ccc(CNC)cc2)n1. The lowest BCUT2D eigenvalue weighted by Gasteiger charge is -2.25. The van der Waals surface area contributed by atoms with E-state index < -0.39 is 0 Å². The average molecular weight is 425 g/mol. The number of amides is 1. The van der Waals surface area contributed by atoms with Gasteiger partial charge < -0.3 is 26.0 Å². The summed E-state index contributed by atoms with van der Waals surface area (Å²) in [5.41, 5.74) is 7.57. The number of rotatable bonds is 7. The van der Waals surface area contributed by atoms with E-state index in [1.165, 1.54) is 6.20 Å². The fourth-order valence-electron chi connectivity index (χ4n) is 3.49. The lowest BCUT2D eigenvalue weighted by Crippen LogP contribution is -2.43. The number of ether oxygens (including phenoxy) is 1. The summed E-state index contributed by atoms with van der Waals surface area (Å²) < 4.78 is 5.40. The molecule has 2 heterocycles. The van der Waals surface area contributed by atoms with Crippen molar-refractivity contribution in [1.29, 1.82) is 10.8 Å². The van der Waals surface area contributed by atoms with Crippen molar-refractivity contribution in [3.8, 4) is 0 Å². The Kier molecular flexibility index (Phi) is 7.14. The predicted octanol–water partition coefficient (Wildman–Crippen LogP) is 1.25. The van der Waals surface area contributed by atoms with E-state index in [1.54, 1.807) is 12.1 Å². The van der Waals surface area contributed by atoms with Crippen LogP contribution in [-0.2, 0) is 16.1 Å². The van der Waals surface area contributed by atoms with Crippen LogP contribution in [0.3, 0.4) is 0 Å². The maximum atomic E-state index is 12.4. The molecule has 1 aliphatic rings. The van der Waals surface area contributed by atoms with E-state index in [0.717, 1.165) is 24.9 Å². The van der Waals surface area contributed by atoms with Crippen LogP contribution in [0.2, 0.25) is 0 Å². The van der Waals surface area contributed by atoms with Crippen LogP contribution in [0, 0.1) is 10.8 Å². The van der Waals surface area contributed by atoms with Crippen LogP contribution in [0.4, 0.5) is 11.6 Å². The van der Waals surface area contributed by atoms with Crippen molar-refractivity contribution in [2.45, 2.75) is 32.4 Å². The largest absolute Gasteiger partial charge is 0.419 e. The van der Waals surface area contributed by atoms with Crippen LogP contribution < -0.4 is 21.3 Å². The van der Waals surface area contributed by atoms with E-state index in [2.05, 4.69) is 20.6 Å². The summed E-state index contributed by atoms with van der Waals surface area (Å²) in [7, 11) is 1.86. The molecule has 3 rings (SSSR count). The summed E-state index contributed by atoms with van der Waals surface area (Å²) in [4.78, 5) is 22.8. The number of nitrogens with one attached hydrogen (secondary N) is 4. The molecule has 0 unspecified atom stereocenters. The molecule has 0 bridgehead atoms. The van der Waals surface area contributed by atoms with Crippen molar-refractivity contribution in [3.63, 3.8) is 0 Å². The molecular formula is C21H28N8O2. The van der Waals surface area contributed by atoms with Gasteiger partial charge in [-0.3, -0.25) is 15.6 Å². The fourth-order valence-corrected chi connectivity index (χ4v) is 3.49. The highest BCUT2D eigenvalue weighted by atomic mass is 16.5. The monoisotopic (exact) mass is 424 g/mol. The maximum absolute atomic E-state index is 12.4. The van der Waals surface area contributed by atoms with Crippen LogP contribution in [0.5, 0.6) is 0 Å². The van der Waals surface area contributed by atoms with Gasteiger partial charge in [0.1, 0.15) is 11.9 Å². The molecule has 1 saturated heterocycles. The number of likely N-dealkylation sites (N-methyl/N-ethyl adjacent to an activating group) is 1. The molecule has 0 spiro atoms. The summed E-state index contributed by atoms with van der Waals surface area (Å²) >= 11 is 0. The summed E-state index contributed by atoms with van der Waals surface area (Å²) in [6.07, 6.45) is 3.07. The molecule has 0 saturated carbocycles. The van der Waals surface area contributed by atoms with Gasteiger partial charge in [0.25, 0.3) is 0 Å². The number of aromatic nitrogens is 2. The Hall–Kier alpha value is -3.53. The number of benzene rings is 1. The highest BCUT2D eigenvalue weighted by molar-refractivity contribution is 6.05. The Morgan fingerprint density at radius 3 is 2.71 bits per heavy atom. The first-order valence-corrected chi connectivity index (χ1v) is 10.2. The average Bonchev–Trinajstić information content (AvgIpc) is 3.25. The van der Waals surface area contributed by atoms with Gasteiger partial charge in [-0.1, -0.05) is 12.1 Å². The molecule has 6 N–H and O–H groups in total. The molecule has 31 heavy (non-hydrogen) atoms. The first kappa shape index (κ1) is 22.2. The molecule has 1 atom stereocenters. The Morgan fingerprint density at radius 2 is 2.03 bits per heavy atom. The second-order valence-electron chi connectivity index (χ2n) is 7.20. The molecule has 10 heteroatoms. The third-order valence-electron chi connectivity index (χ3n) is 5.01. The van der Waals surface area contributed by atoms with Crippen molar-refractivity contribution in [1.82, 2.24) is 20.6 Å². The molecule has 2 aromatic rings. The zero-order chi connectivity index (χ0) is 22.4. The van der Waals surface area contributed by atoms with Crippen molar-refractivity contribution in [2.24, 2.45) is 0 Å². The van der Waals surface area contributed by atoms with Crippen molar-refractivity contribution < 1.29 is 9.53 Å². The molecule has 164 valence electrons. The molecule has 1 aromatic heterocycles. The van der Waals surface area contributed by atoms with Crippen LogP contribution in [0.1, 0.15) is 36.6 Å². The lowest BCUT2D eigenvalue weighted by molar-refractivity contribution is -0.122. The summed E-state index contributed by atoms with van der Waals surface area (Å²) in [6, 6.07) is 6.95. The number of anilines is 2. The smallest absolute Gasteiger partial charge is 0.243 e. The molecular weight excluding hydrogens is 396 g/mol. The Labute approximate surface area is 181 Å². The Balaban J connectivity index is 1.75. The summed E-state index contributed by atoms with van der Waals surface area (Å²) in [5, 5.41) is 22.3. The van der Waals surface area contributed by atoms with Gasteiger partial charge >= 0.3 is 0 Å². The van der Waals surface area contributed by atoms with Gasteiger partial charge in [0.15, 0.2) is 11.5 Å². The predicted molar refractivity (Wildman–Crippen MR) is 119 cm³/mol. The standard InChI is InChI=1S/C21H28N8O2/c1-3-26-21(30)15-5-4-10-29(15)16-12-27-18(22)17(28-16)20(24)31-19(23)14-8-6-13(7-9-14)11-25-2/h6-9,12,15,23-25H,3-5,10-11H2,1-2H3,(H2,22,27)(H,26,30)/t15-/m1/s1. The third kappa shape index (κ3) is 5.15. The molecule has 10 nitrogen and oxygen atoms in total. The third-order valence-corrected chi connectivity index (χ3v) is 5.01. The lowest BCUT2D eigenvalue weighted by atomic mass is 10.1. The van der Waals surface area contributed by atoms with Gasteiger partial charge in [0.05, 0.1) is 6.20 Å². The summed E-state index contributed by atoms with van der Waals surface area (Å²) in [5.74, 6) is -0.136. The number of hydrogen-bond acceptors (Lipinski definition) is 9. The van der Waals surface area contributed by atoms with Crippen molar-refractivity contribution in [2.75, 3.05) is 30.8 Å². The van der Waals surface area contributed by atoms with E-state index in [4.69, 9.17) is 21.3 Å².